The number of rotatable bonds is 0. The normalized spacial score (nSPS) is 30.2. The molecular formula is C8H14F4N2O2. The molecule has 0 spiro atoms. The van der Waals surface area contributed by atoms with Gasteiger partial charge in [-0.25, -0.2) is 9.18 Å². The minimum atomic E-state index is -5.08. The highest BCUT2D eigenvalue weighted by Gasteiger charge is 2.38. The quantitative estimate of drug-likeness (QED) is 0.549. The zero-order valence-corrected chi connectivity index (χ0v) is 8.64. The van der Waals surface area contributed by atoms with Gasteiger partial charge in [0.1, 0.15) is 6.17 Å². The molecule has 4 N–H and O–H groups in total. The van der Waals surface area contributed by atoms with Crippen molar-refractivity contribution in [2.75, 3.05) is 13.1 Å². The summed E-state index contributed by atoms with van der Waals surface area (Å²) in [4.78, 5) is 8.90. The van der Waals surface area contributed by atoms with Crippen LogP contribution in [0.15, 0.2) is 0 Å². The lowest BCUT2D eigenvalue weighted by Crippen LogP contribution is -2.54. The maximum Gasteiger partial charge on any atom is 0.490 e. The molecule has 0 aromatic rings. The molecule has 1 unspecified atom stereocenters. The predicted molar refractivity (Wildman–Crippen MR) is 48.7 cm³/mol. The number of carboxylic acid groups (broad SMARTS) is 1. The van der Waals surface area contributed by atoms with E-state index in [1.165, 1.54) is 0 Å². The first kappa shape index (κ1) is 15.1. The van der Waals surface area contributed by atoms with Crippen LogP contribution in [0.2, 0.25) is 0 Å². The monoisotopic (exact) mass is 246 g/mol. The maximum absolute atomic E-state index is 12.5. The molecule has 2 atom stereocenters. The number of piperidine rings is 1. The number of hydrogen-bond donors (Lipinski definition) is 3. The van der Waals surface area contributed by atoms with E-state index < -0.39 is 18.3 Å². The molecule has 0 bridgehead atoms. The Bertz CT molecular complexity index is 243. The van der Waals surface area contributed by atoms with Gasteiger partial charge in [0.15, 0.2) is 0 Å². The fourth-order valence-corrected chi connectivity index (χ4v) is 1.16. The average Bonchev–Trinajstić information content (AvgIpc) is 2.00. The molecule has 8 heteroatoms. The molecule has 0 saturated carbocycles. The zero-order valence-electron chi connectivity index (χ0n) is 8.64. The van der Waals surface area contributed by atoms with E-state index in [0.29, 0.717) is 13.0 Å². The van der Waals surface area contributed by atoms with Crippen molar-refractivity contribution in [3.63, 3.8) is 0 Å². The predicted octanol–water partition coefficient (Wildman–Crippen LogP) is 0.668. The number of halogens is 4. The Balaban J connectivity index is 0.000000293. The van der Waals surface area contributed by atoms with Crippen LogP contribution in [-0.2, 0) is 4.79 Å². The summed E-state index contributed by atoms with van der Waals surface area (Å²) < 4.78 is 44.3. The number of alkyl halides is 4. The number of carbonyl (C=O) groups is 1. The Hall–Kier alpha value is -0.890. The highest BCUT2D eigenvalue weighted by molar-refractivity contribution is 5.73. The highest BCUT2D eigenvalue weighted by Crippen LogP contribution is 2.14. The summed E-state index contributed by atoms with van der Waals surface area (Å²) in [5, 5.41) is 10.0. The minimum Gasteiger partial charge on any atom is -0.475 e. The van der Waals surface area contributed by atoms with Crippen molar-refractivity contribution < 1.29 is 27.5 Å². The van der Waals surface area contributed by atoms with E-state index in [9.17, 15) is 17.6 Å². The molecule has 0 aromatic carbocycles. The summed E-state index contributed by atoms with van der Waals surface area (Å²) in [5.41, 5.74) is 5.33. The first-order valence-corrected chi connectivity index (χ1v) is 4.48. The van der Waals surface area contributed by atoms with E-state index in [4.69, 9.17) is 15.6 Å². The number of aliphatic carboxylic acids is 1. The molecule has 96 valence electrons. The van der Waals surface area contributed by atoms with Crippen LogP contribution in [-0.4, -0.2) is 42.1 Å². The molecule has 1 aliphatic heterocycles. The average molecular weight is 246 g/mol. The van der Waals surface area contributed by atoms with Crippen LogP contribution >= 0.6 is 0 Å². The van der Waals surface area contributed by atoms with Crippen molar-refractivity contribution in [3.8, 4) is 0 Å². The van der Waals surface area contributed by atoms with Crippen LogP contribution in [0.5, 0.6) is 0 Å². The number of carboxylic acids is 1. The molecule has 0 aliphatic carbocycles. The van der Waals surface area contributed by atoms with Gasteiger partial charge < -0.3 is 16.2 Å². The first-order chi connectivity index (χ1) is 7.04. The van der Waals surface area contributed by atoms with Gasteiger partial charge in [0.2, 0.25) is 0 Å². The molecule has 0 aromatic heterocycles. The Morgan fingerprint density at radius 2 is 2.00 bits per heavy atom. The second kappa shape index (κ2) is 5.44. The van der Waals surface area contributed by atoms with Gasteiger partial charge in [-0.1, -0.05) is 0 Å². The third-order valence-electron chi connectivity index (χ3n) is 1.82. The third-order valence-corrected chi connectivity index (χ3v) is 1.82. The Labute approximate surface area is 89.8 Å². The molecule has 1 aliphatic rings. The van der Waals surface area contributed by atoms with Gasteiger partial charge in [-0.15, -0.1) is 0 Å². The van der Waals surface area contributed by atoms with Crippen LogP contribution in [0.25, 0.3) is 0 Å². The Morgan fingerprint density at radius 3 is 2.19 bits per heavy atom. The maximum atomic E-state index is 12.5. The summed E-state index contributed by atoms with van der Waals surface area (Å²) in [7, 11) is 0. The largest absolute Gasteiger partial charge is 0.490 e. The summed E-state index contributed by atoms with van der Waals surface area (Å²) in [6.07, 6.45) is -5.35. The zero-order chi connectivity index (χ0) is 13.0. The molecule has 0 radical (unpaired) electrons. The van der Waals surface area contributed by atoms with Gasteiger partial charge in [0.05, 0.1) is 0 Å². The fourth-order valence-electron chi connectivity index (χ4n) is 1.16. The smallest absolute Gasteiger partial charge is 0.475 e. The molecule has 1 heterocycles. The number of nitrogens with two attached hydrogens (primary N) is 1. The SMILES string of the molecule is CC1(N)CNC[C@H](F)C1.O=C(O)C(F)(F)F. The molecule has 4 nitrogen and oxygen atoms in total. The van der Waals surface area contributed by atoms with E-state index >= 15 is 0 Å². The lowest BCUT2D eigenvalue weighted by atomic mass is 9.93. The van der Waals surface area contributed by atoms with Gasteiger partial charge in [-0.05, 0) is 13.3 Å². The lowest BCUT2D eigenvalue weighted by molar-refractivity contribution is -0.192. The minimum absolute atomic E-state index is 0.336. The van der Waals surface area contributed by atoms with Crippen LogP contribution in [0, 0.1) is 0 Å². The molecule has 0 amide bonds. The van der Waals surface area contributed by atoms with E-state index in [1.807, 2.05) is 6.92 Å². The van der Waals surface area contributed by atoms with E-state index in [0.717, 1.165) is 6.54 Å². The fraction of sp³-hybridized carbons (Fsp3) is 0.875. The molecular weight excluding hydrogens is 232 g/mol. The Morgan fingerprint density at radius 1 is 1.56 bits per heavy atom. The van der Waals surface area contributed by atoms with Crippen molar-refractivity contribution >= 4 is 5.97 Å². The molecule has 1 saturated heterocycles. The van der Waals surface area contributed by atoms with Gasteiger partial charge >= 0.3 is 12.1 Å². The van der Waals surface area contributed by atoms with Crippen LogP contribution in [0.4, 0.5) is 17.6 Å². The summed E-state index contributed by atoms with van der Waals surface area (Å²) >= 11 is 0. The molecule has 16 heavy (non-hydrogen) atoms. The van der Waals surface area contributed by atoms with Crippen molar-refractivity contribution in [2.45, 2.75) is 31.2 Å². The van der Waals surface area contributed by atoms with E-state index in [2.05, 4.69) is 5.32 Å². The van der Waals surface area contributed by atoms with Gasteiger partial charge in [0.25, 0.3) is 0 Å². The van der Waals surface area contributed by atoms with Crippen LogP contribution < -0.4 is 11.1 Å². The topological polar surface area (TPSA) is 75.3 Å². The van der Waals surface area contributed by atoms with Gasteiger partial charge in [-0.2, -0.15) is 13.2 Å². The van der Waals surface area contributed by atoms with E-state index in [-0.39, 0.29) is 5.54 Å². The van der Waals surface area contributed by atoms with E-state index in [1.54, 1.807) is 0 Å². The highest BCUT2D eigenvalue weighted by atomic mass is 19.4. The Kier molecular flexibility index (Phi) is 5.14. The van der Waals surface area contributed by atoms with Gasteiger partial charge in [-0.3, -0.25) is 0 Å². The van der Waals surface area contributed by atoms with Crippen molar-refractivity contribution in [2.24, 2.45) is 5.73 Å². The van der Waals surface area contributed by atoms with Gasteiger partial charge in [0, 0.05) is 18.6 Å². The van der Waals surface area contributed by atoms with Crippen LogP contribution in [0.3, 0.4) is 0 Å². The lowest BCUT2D eigenvalue weighted by Gasteiger charge is -2.31. The van der Waals surface area contributed by atoms with Crippen LogP contribution in [0.1, 0.15) is 13.3 Å². The number of hydrogen-bond acceptors (Lipinski definition) is 3. The van der Waals surface area contributed by atoms with Crippen molar-refractivity contribution in [3.05, 3.63) is 0 Å². The van der Waals surface area contributed by atoms with Crippen molar-refractivity contribution in [1.29, 1.82) is 0 Å². The first-order valence-electron chi connectivity index (χ1n) is 4.48. The second-order valence-electron chi connectivity index (χ2n) is 3.89. The summed E-state index contributed by atoms with van der Waals surface area (Å²) in [5.74, 6) is -2.76. The molecule has 1 rings (SSSR count). The summed E-state index contributed by atoms with van der Waals surface area (Å²) in [6.45, 7) is 3.06. The second-order valence-corrected chi connectivity index (χ2v) is 3.89. The number of nitrogens with one attached hydrogen (secondary N) is 1. The molecule has 1 fully saturated rings. The third kappa shape index (κ3) is 6.57. The standard InChI is InChI=1S/C6H13FN2.C2HF3O2/c1-6(8)2-5(7)3-9-4-6;3-2(4,5)1(6)7/h5,9H,2-4,8H2,1H3;(H,6,7)/t5-,6?;/m1./s1. The summed E-state index contributed by atoms with van der Waals surface area (Å²) in [6, 6.07) is 0. The van der Waals surface area contributed by atoms with Crippen molar-refractivity contribution in [1.82, 2.24) is 5.32 Å².